The third-order valence-corrected chi connectivity index (χ3v) is 6.21. The molecule has 0 aliphatic carbocycles. The van der Waals surface area contributed by atoms with Crippen LogP contribution >= 0.6 is 23.1 Å². The first-order valence-electron chi connectivity index (χ1n) is 7.63. The highest BCUT2D eigenvalue weighted by Gasteiger charge is 2.37. The van der Waals surface area contributed by atoms with Gasteiger partial charge >= 0.3 is 5.97 Å². The molecule has 0 radical (unpaired) electrons. The van der Waals surface area contributed by atoms with Crippen molar-refractivity contribution in [1.29, 1.82) is 0 Å². The van der Waals surface area contributed by atoms with E-state index < -0.39 is 12.0 Å². The Morgan fingerprint density at radius 2 is 2.08 bits per heavy atom. The predicted octanol–water partition coefficient (Wildman–Crippen LogP) is 2.82. The van der Waals surface area contributed by atoms with Gasteiger partial charge in [-0.3, -0.25) is 14.5 Å². The number of ether oxygens (including phenoxy) is 1. The molecule has 0 spiro atoms. The van der Waals surface area contributed by atoms with Gasteiger partial charge in [-0.25, -0.2) is 0 Å². The molecule has 5 nitrogen and oxygen atoms in total. The predicted molar refractivity (Wildman–Crippen MR) is 96.3 cm³/mol. The highest BCUT2D eigenvalue weighted by atomic mass is 32.2. The van der Waals surface area contributed by atoms with E-state index in [0.717, 1.165) is 9.77 Å². The van der Waals surface area contributed by atoms with E-state index >= 15 is 0 Å². The smallest absolute Gasteiger partial charge is 0.326 e. The van der Waals surface area contributed by atoms with Gasteiger partial charge in [0.2, 0.25) is 5.91 Å². The van der Waals surface area contributed by atoms with Gasteiger partial charge in [-0.1, -0.05) is 18.2 Å². The molecule has 0 saturated carbocycles. The van der Waals surface area contributed by atoms with Crippen molar-refractivity contribution in [3.8, 4) is 0 Å². The number of nitrogens with two attached hydrogens (primary N) is 1. The number of amides is 1. The molecule has 3 rings (SSSR count). The van der Waals surface area contributed by atoms with Crippen LogP contribution in [0.3, 0.4) is 0 Å². The number of carbonyl (C=O) groups excluding carboxylic acids is 2. The second-order valence-electron chi connectivity index (χ2n) is 5.28. The van der Waals surface area contributed by atoms with Crippen LogP contribution in [-0.4, -0.2) is 31.1 Å². The highest BCUT2D eigenvalue weighted by molar-refractivity contribution is 8.00. The van der Waals surface area contributed by atoms with Gasteiger partial charge < -0.3 is 10.5 Å². The van der Waals surface area contributed by atoms with E-state index in [0.29, 0.717) is 5.69 Å². The summed E-state index contributed by atoms with van der Waals surface area (Å²) in [5.74, 6) is -0.702. The zero-order valence-electron chi connectivity index (χ0n) is 13.2. The number of esters is 1. The lowest BCUT2D eigenvalue weighted by molar-refractivity contribution is -0.142. The van der Waals surface area contributed by atoms with E-state index in [1.54, 1.807) is 30.0 Å². The number of thiophene rings is 1. The van der Waals surface area contributed by atoms with Crippen LogP contribution in [0.2, 0.25) is 0 Å². The largest absolute Gasteiger partial charge is 0.465 e. The van der Waals surface area contributed by atoms with Gasteiger partial charge in [-0.15, -0.1) is 23.1 Å². The minimum atomic E-state index is -0.726. The van der Waals surface area contributed by atoms with Crippen molar-refractivity contribution >= 4 is 40.7 Å². The molecule has 1 aromatic carbocycles. The minimum absolute atomic E-state index is 0.130. The van der Waals surface area contributed by atoms with Gasteiger partial charge in [-0.05, 0) is 30.5 Å². The average molecular weight is 362 g/mol. The number of nitrogens with zero attached hydrogens (tertiary/aromatic N) is 1. The maximum atomic E-state index is 12.9. The molecule has 1 aliphatic heterocycles. The first kappa shape index (κ1) is 17.0. The Morgan fingerprint density at radius 3 is 2.79 bits per heavy atom. The number of para-hydroxylation sites is 1. The lowest BCUT2D eigenvalue weighted by Crippen LogP contribution is -2.47. The average Bonchev–Trinajstić information content (AvgIpc) is 3.08. The van der Waals surface area contributed by atoms with Gasteiger partial charge in [0.1, 0.15) is 12.6 Å². The summed E-state index contributed by atoms with van der Waals surface area (Å²) in [6, 6.07) is 10.8. The Hall–Kier alpha value is -1.83. The summed E-state index contributed by atoms with van der Waals surface area (Å²) < 4.78 is 5.00. The highest BCUT2D eigenvalue weighted by Crippen LogP contribution is 2.46. The summed E-state index contributed by atoms with van der Waals surface area (Å²) in [6.07, 6.45) is 0. The van der Waals surface area contributed by atoms with Crippen molar-refractivity contribution < 1.29 is 14.3 Å². The van der Waals surface area contributed by atoms with E-state index in [9.17, 15) is 9.59 Å². The normalized spacial score (nSPS) is 20.4. The number of hydrogen-bond acceptors (Lipinski definition) is 6. The number of anilines is 1. The molecule has 0 bridgehead atoms. The summed E-state index contributed by atoms with van der Waals surface area (Å²) >= 11 is 3.14. The van der Waals surface area contributed by atoms with Crippen molar-refractivity contribution in [2.24, 2.45) is 5.73 Å². The second-order valence-corrected chi connectivity index (χ2v) is 7.44. The topological polar surface area (TPSA) is 72.6 Å². The van der Waals surface area contributed by atoms with Crippen LogP contribution in [0.1, 0.15) is 17.1 Å². The third kappa shape index (κ3) is 3.33. The van der Waals surface area contributed by atoms with Crippen LogP contribution in [0.25, 0.3) is 0 Å². The number of fused-ring (bicyclic) bond motifs is 1. The number of carbonyl (C=O) groups is 2. The molecule has 0 saturated heterocycles. The second kappa shape index (κ2) is 7.38. The number of hydrogen-bond donors (Lipinski definition) is 1. The molecule has 2 N–H and O–H groups in total. The van der Waals surface area contributed by atoms with Crippen LogP contribution in [0.15, 0.2) is 46.7 Å². The molecular weight excluding hydrogens is 344 g/mol. The zero-order valence-corrected chi connectivity index (χ0v) is 14.8. The molecular formula is C17H18N2O3S2. The van der Waals surface area contributed by atoms with Crippen LogP contribution in [-0.2, 0) is 14.3 Å². The lowest BCUT2D eigenvalue weighted by atomic mass is 10.1. The number of rotatable bonds is 4. The first-order valence-corrected chi connectivity index (χ1v) is 9.39. The maximum absolute atomic E-state index is 12.9. The molecule has 0 fully saturated rings. The van der Waals surface area contributed by atoms with E-state index in [1.165, 1.54) is 4.90 Å². The van der Waals surface area contributed by atoms with Crippen molar-refractivity contribution in [2.75, 3.05) is 18.1 Å². The standard InChI is InChI=1S/C17H18N2O3S2/c1-2-22-14(20)10-19-11-6-3-4-7-12(11)24-16(15(18)17(19)21)13-8-5-9-23-13/h3-9,15-16H,2,10,18H2,1H3/t15-,16-/m1/s1. The van der Waals surface area contributed by atoms with E-state index in [2.05, 4.69) is 0 Å². The van der Waals surface area contributed by atoms with Gasteiger partial charge in [0.15, 0.2) is 0 Å². The molecule has 24 heavy (non-hydrogen) atoms. The molecule has 1 aromatic heterocycles. The molecule has 2 atom stereocenters. The van der Waals surface area contributed by atoms with Gasteiger partial charge in [-0.2, -0.15) is 0 Å². The third-order valence-electron chi connectivity index (χ3n) is 3.70. The molecule has 1 aliphatic rings. The van der Waals surface area contributed by atoms with E-state index in [4.69, 9.17) is 10.5 Å². The van der Waals surface area contributed by atoms with Crippen LogP contribution in [0.5, 0.6) is 0 Å². The molecule has 2 aromatic rings. The Morgan fingerprint density at radius 1 is 1.29 bits per heavy atom. The van der Waals surface area contributed by atoms with Gasteiger partial charge in [0, 0.05) is 9.77 Å². The maximum Gasteiger partial charge on any atom is 0.326 e. The van der Waals surface area contributed by atoms with Crippen LogP contribution in [0, 0.1) is 0 Å². The quantitative estimate of drug-likeness (QED) is 0.847. The molecule has 1 amide bonds. The number of thioether (sulfide) groups is 1. The summed E-state index contributed by atoms with van der Waals surface area (Å²) in [5.41, 5.74) is 6.98. The van der Waals surface area contributed by atoms with Crippen molar-refractivity contribution in [2.45, 2.75) is 23.1 Å². The lowest BCUT2D eigenvalue weighted by Gasteiger charge is -2.24. The summed E-state index contributed by atoms with van der Waals surface area (Å²) in [4.78, 5) is 28.3. The van der Waals surface area contributed by atoms with Gasteiger partial charge in [0.05, 0.1) is 17.5 Å². The fourth-order valence-corrected chi connectivity index (χ4v) is 4.86. The van der Waals surface area contributed by atoms with Crippen molar-refractivity contribution in [3.63, 3.8) is 0 Å². The number of benzene rings is 1. The Kier molecular flexibility index (Phi) is 5.23. The molecule has 7 heteroatoms. The molecule has 2 heterocycles. The Balaban J connectivity index is 1.99. The monoisotopic (exact) mass is 362 g/mol. The SMILES string of the molecule is CCOC(=O)CN1C(=O)[C@H](N)[C@@H](c2cccs2)Sc2ccccc21. The van der Waals surface area contributed by atoms with Crippen molar-refractivity contribution in [3.05, 3.63) is 46.7 Å². The first-order chi connectivity index (χ1) is 11.6. The fourth-order valence-electron chi connectivity index (χ4n) is 2.61. The van der Waals surface area contributed by atoms with Crippen LogP contribution in [0.4, 0.5) is 5.69 Å². The minimum Gasteiger partial charge on any atom is -0.465 e. The fraction of sp³-hybridized carbons (Fsp3) is 0.294. The van der Waals surface area contributed by atoms with E-state index in [-0.39, 0.29) is 24.3 Å². The van der Waals surface area contributed by atoms with E-state index in [1.807, 2.05) is 41.8 Å². The Labute approximate surface area is 148 Å². The molecule has 0 unspecified atom stereocenters. The molecule has 126 valence electrons. The summed E-state index contributed by atoms with van der Waals surface area (Å²) in [7, 11) is 0. The van der Waals surface area contributed by atoms with Crippen molar-refractivity contribution in [1.82, 2.24) is 0 Å². The summed E-state index contributed by atoms with van der Waals surface area (Å²) in [5, 5.41) is 1.80. The Bertz CT molecular complexity index is 733. The summed E-state index contributed by atoms with van der Waals surface area (Å²) in [6.45, 7) is 1.89. The van der Waals surface area contributed by atoms with Crippen LogP contribution < -0.4 is 10.6 Å². The zero-order chi connectivity index (χ0) is 17.1. The van der Waals surface area contributed by atoms with Gasteiger partial charge in [0.25, 0.3) is 0 Å².